The molecule has 0 bridgehead atoms. The Bertz CT molecular complexity index is 426. The highest BCUT2D eigenvalue weighted by atomic mass is 16.2. The van der Waals surface area contributed by atoms with Crippen LogP contribution in [0, 0.1) is 0 Å². The van der Waals surface area contributed by atoms with E-state index in [4.69, 9.17) is 0 Å². The van der Waals surface area contributed by atoms with Gasteiger partial charge in [0.25, 0.3) is 5.91 Å². The van der Waals surface area contributed by atoms with E-state index in [9.17, 15) is 4.79 Å². The van der Waals surface area contributed by atoms with Crippen molar-refractivity contribution in [2.45, 2.75) is 51.5 Å². The molecule has 2 heterocycles. The first-order valence-electron chi connectivity index (χ1n) is 6.91. The minimum Gasteiger partial charge on any atom is -0.346 e. The zero-order chi connectivity index (χ0) is 13.9. The zero-order valence-electron chi connectivity index (χ0n) is 11.9. The average molecular weight is 265 g/mol. The molecule has 1 aliphatic rings. The predicted octanol–water partition coefficient (Wildman–Crippen LogP) is 0.974. The highest BCUT2D eigenvalue weighted by Gasteiger charge is 2.22. The number of amides is 1. The summed E-state index contributed by atoms with van der Waals surface area (Å²) in [6.07, 6.45) is 3.06. The normalized spacial score (nSPS) is 20.9. The monoisotopic (exact) mass is 265 g/mol. The fraction of sp³-hybridized carbons (Fsp3) is 0.769. The summed E-state index contributed by atoms with van der Waals surface area (Å²) < 4.78 is 0. The van der Waals surface area contributed by atoms with Gasteiger partial charge in [-0.05, 0) is 32.4 Å². The lowest BCUT2D eigenvalue weighted by atomic mass is 9.96. The largest absolute Gasteiger partial charge is 0.346 e. The minimum atomic E-state index is -0.182. The Kier molecular flexibility index (Phi) is 4.19. The minimum absolute atomic E-state index is 0.127. The van der Waals surface area contributed by atoms with E-state index < -0.39 is 0 Å². The molecular weight excluding hydrogens is 242 g/mol. The maximum absolute atomic E-state index is 12.1. The summed E-state index contributed by atoms with van der Waals surface area (Å²) in [7, 11) is 0. The lowest BCUT2D eigenvalue weighted by Gasteiger charge is -2.14. The van der Waals surface area contributed by atoms with Crippen LogP contribution < -0.4 is 10.6 Å². The molecule has 3 N–H and O–H groups in total. The van der Waals surface area contributed by atoms with Crippen LogP contribution in [0.2, 0.25) is 0 Å². The van der Waals surface area contributed by atoms with Gasteiger partial charge in [-0.1, -0.05) is 20.8 Å². The first-order chi connectivity index (χ1) is 8.97. The molecule has 1 amide bonds. The Labute approximate surface area is 113 Å². The van der Waals surface area contributed by atoms with Crippen molar-refractivity contribution in [2.75, 3.05) is 13.1 Å². The molecule has 0 spiro atoms. The second kappa shape index (κ2) is 5.69. The van der Waals surface area contributed by atoms with Crippen molar-refractivity contribution >= 4 is 5.91 Å². The maximum atomic E-state index is 12.1. The third-order valence-electron chi connectivity index (χ3n) is 3.31. The number of hydrogen-bond acceptors (Lipinski definition) is 4. The Hall–Kier alpha value is -1.43. The number of H-pyrrole nitrogens is 1. The molecular formula is C13H23N5O. The molecule has 0 radical (unpaired) electrons. The Morgan fingerprint density at radius 1 is 1.32 bits per heavy atom. The van der Waals surface area contributed by atoms with E-state index in [0.717, 1.165) is 38.2 Å². The topological polar surface area (TPSA) is 82.7 Å². The standard InChI is InChI=1S/C13H23N5O/c1-13(2,3)12-16-10(17-18-12)11(19)15-9-5-4-7-14-8-6-9/h9,14H,4-8H2,1-3H3,(H,15,19)(H,16,17,18). The second-order valence-electron chi connectivity index (χ2n) is 6.11. The van der Waals surface area contributed by atoms with Crippen LogP contribution in [-0.2, 0) is 5.41 Å². The summed E-state index contributed by atoms with van der Waals surface area (Å²) >= 11 is 0. The van der Waals surface area contributed by atoms with Crippen LogP contribution >= 0.6 is 0 Å². The number of rotatable bonds is 2. The summed E-state index contributed by atoms with van der Waals surface area (Å²) in [4.78, 5) is 16.4. The number of carbonyl (C=O) groups is 1. The SMILES string of the molecule is CC(C)(C)c1nc(C(=O)NC2CCCNCC2)n[nH]1. The maximum Gasteiger partial charge on any atom is 0.291 e. The summed E-state index contributed by atoms with van der Waals surface area (Å²) in [5.74, 6) is 0.793. The molecule has 1 fully saturated rings. The molecule has 0 aromatic carbocycles. The number of nitrogens with zero attached hydrogens (tertiary/aromatic N) is 2. The number of aromatic amines is 1. The number of aromatic nitrogens is 3. The molecule has 0 aliphatic carbocycles. The summed E-state index contributed by atoms with van der Waals surface area (Å²) in [5.41, 5.74) is -0.127. The van der Waals surface area contributed by atoms with E-state index in [2.05, 4.69) is 25.8 Å². The van der Waals surface area contributed by atoms with Crippen LogP contribution in [-0.4, -0.2) is 40.2 Å². The highest BCUT2D eigenvalue weighted by molar-refractivity contribution is 5.90. The van der Waals surface area contributed by atoms with Crippen molar-refractivity contribution in [3.8, 4) is 0 Å². The molecule has 6 heteroatoms. The van der Waals surface area contributed by atoms with Crippen molar-refractivity contribution in [2.24, 2.45) is 0 Å². The van der Waals surface area contributed by atoms with E-state index in [0.29, 0.717) is 0 Å². The third kappa shape index (κ3) is 3.76. The molecule has 2 rings (SSSR count). The Morgan fingerprint density at radius 3 is 2.79 bits per heavy atom. The predicted molar refractivity (Wildman–Crippen MR) is 73.1 cm³/mol. The highest BCUT2D eigenvalue weighted by Crippen LogP contribution is 2.17. The summed E-state index contributed by atoms with van der Waals surface area (Å²) in [5, 5.41) is 13.2. The molecule has 6 nitrogen and oxygen atoms in total. The van der Waals surface area contributed by atoms with Gasteiger partial charge in [0.05, 0.1) is 0 Å². The van der Waals surface area contributed by atoms with Gasteiger partial charge in [0.2, 0.25) is 5.82 Å². The van der Waals surface area contributed by atoms with Gasteiger partial charge in [-0.25, -0.2) is 4.98 Å². The van der Waals surface area contributed by atoms with Crippen LogP contribution in [0.5, 0.6) is 0 Å². The quantitative estimate of drug-likeness (QED) is 0.744. The van der Waals surface area contributed by atoms with E-state index in [1.165, 1.54) is 0 Å². The van der Waals surface area contributed by atoms with Gasteiger partial charge in [0, 0.05) is 11.5 Å². The van der Waals surface area contributed by atoms with Gasteiger partial charge >= 0.3 is 0 Å². The van der Waals surface area contributed by atoms with Crippen LogP contribution in [0.4, 0.5) is 0 Å². The molecule has 1 unspecified atom stereocenters. The fourth-order valence-corrected chi connectivity index (χ4v) is 2.11. The average Bonchev–Trinajstić information content (AvgIpc) is 2.70. The van der Waals surface area contributed by atoms with Crippen molar-refractivity contribution in [3.63, 3.8) is 0 Å². The van der Waals surface area contributed by atoms with Gasteiger partial charge in [-0.3, -0.25) is 9.89 Å². The lowest BCUT2D eigenvalue weighted by molar-refractivity contribution is 0.0924. The van der Waals surface area contributed by atoms with Crippen LogP contribution in [0.25, 0.3) is 0 Å². The van der Waals surface area contributed by atoms with E-state index >= 15 is 0 Å². The van der Waals surface area contributed by atoms with Crippen molar-refractivity contribution in [3.05, 3.63) is 11.6 Å². The van der Waals surface area contributed by atoms with Crippen molar-refractivity contribution in [1.29, 1.82) is 0 Å². The first kappa shape index (κ1) is 14.0. The second-order valence-corrected chi connectivity index (χ2v) is 6.11. The van der Waals surface area contributed by atoms with Gasteiger partial charge in [0.1, 0.15) is 5.82 Å². The molecule has 0 saturated carbocycles. The van der Waals surface area contributed by atoms with Crippen molar-refractivity contribution < 1.29 is 4.79 Å². The first-order valence-corrected chi connectivity index (χ1v) is 6.91. The van der Waals surface area contributed by atoms with E-state index in [1.807, 2.05) is 20.8 Å². The van der Waals surface area contributed by atoms with Gasteiger partial charge in [-0.2, -0.15) is 0 Å². The van der Waals surface area contributed by atoms with Gasteiger partial charge < -0.3 is 10.6 Å². The summed E-state index contributed by atoms with van der Waals surface area (Å²) in [6.45, 7) is 8.08. The third-order valence-corrected chi connectivity index (χ3v) is 3.31. The number of hydrogen-bond donors (Lipinski definition) is 3. The fourth-order valence-electron chi connectivity index (χ4n) is 2.11. The smallest absolute Gasteiger partial charge is 0.291 e. The lowest BCUT2D eigenvalue weighted by Crippen LogP contribution is -2.36. The van der Waals surface area contributed by atoms with Gasteiger partial charge in [-0.15, -0.1) is 5.10 Å². The van der Waals surface area contributed by atoms with Gasteiger partial charge in [0.15, 0.2) is 0 Å². The molecule has 1 aromatic rings. The Morgan fingerprint density at radius 2 is 2.11 bits per heavy atom. The molecule has 1 aromatic heterocycles. The summed E-state index contributed by atoms with van der Waals surface area (Å²) in [6, 6.07) is 0.221. The van der Waals surface area contributed by atoms with Crippen LogP contribution in [0.1, 0.15) is 56.5 Å². The van der Waals surface area contributed by atoms with Crippen molar-refractivity contribution in [1.82, 2.24) is 25.8 Å². The zero-order valence-corrected chi connectivity index (χ0v) is 11.9. The van der Waals surface area contributed by atoms with Crippen LogP contribution in [0.15, 0.2) is 0 Å². The number of nitrogens with one attached hydrogen (secondary N) is 3. The van der Waals surface area contributed by atoms with E-state index in [1.54, 1.807) is 0 Å². The molecule has 1 saturated heterocycles. The van der Waals surface area contributed by atoms with E-state index in [-0.39, 0.29) is 23.2 Å². The molecule has 19 heavy (non-hydrogen) atoms. The molecule has 106 valence electrons. The Balaban J connectivity index is 1.97. The number of carbonyl (C=O) groups excluding carboxylic acids is 1. The van der Waals surface area contributed by atoms with Crippen LogP contribution in [0.3, 0.4) is 0 Å². The molecule has 1 aliphatic heterocycles. The molecule has 1 atom stereocenters.